The van der Waals surface area contributed by atoms with E-state index >= 15 is 0 Å². The zero-order valence-electron chi connectivity index (χ0n) is 12.8. The number of halogens is 3. The highest BCUT2D eigenvalue weighted by Gasteiger charge is 2.33. The number of methoxy groups -OCH3 is 1. The molecule has 0 radical (unpaired) electrons. The van der Waals surface area contributed by atoms with Crippen LogP contribution in [0.15, 0.2) is 36.4 Å². The Kier molecular flexibility index (Phi) is 4.87. The van der Waals surface area contributed by atoms with Crippen molar-refractivity contribution in [2.24, 2.45) is 0 Å². The number of hydrogen-bond acceptors (Lipinski definition) is 4. The summed E-state index contributed by atoms with van der Waals surface area (Å²) in [7, 11) is 1.25. The number of esters is 1. The van der Waals surface area contributed by atoms with Crippen LogP contribution in [0.1, 0.15) is 32.1 Å². The minimum absolute atomic E-state index is 0.0278. The Labute approximate surface area is 135 Å². The van der Waals surface area contributed by atoms with E-state index in [0.29, 0.717) is 11.3 Å². The fourth-order valence-corrected chi connectivity index (χ4v) is 1.96. The number of alkyl halides is 3. The van der Waals surface area contributed by atoms with Crippen LogP contribution >= 0.6 is 0 Å². The number of benzene rings is 1. The lowest BCUT2D eigenvalue weighted by molar-refractivity contribution is -0.141. The number of hydrogen-bond donors (Lipinski definition) is 1. The van der Waals surface area contributed by atoms with Crippen LogP contribution in [0.5, 0.6) is 0 Å². The van der Waals surface area contributed by atoms with E-state index in [-0.39, 0.29) is 11.3 Å². The van der Waals surface area contributed by atoms with E-state index in [1.165, 1.54) is 38.3 Å². The van der Waals surface area contributed by atoms with Crippen molar-refractivity contribution in [3.05, 3.63) is 58.9 Å². The SMILES string of the molecule is COC(=O)c1ccc(NC(=O)c2ccc(C(F)(F)F)nc2C)cc1. The third-order valence-corrected chi connectivity index (χ3v) is 3.18. The Balaban J connectivity index is 2.16. The molecule has 5 nitrogen and oxygen atoms in total. The van der Waals surface area contributed by atoms with Crippen LogP contribution < -0.4 is 5.32 Å². The minimum atomic E-state index is -4.57. The van der Waals surface area contributed by atoms with E-state index in [1.807, 2.05) is 0 Å². The number of nitrogens with zero attached hydrogens (tertiary/aromatic N) is 1. The highest BCUT2D eigenvalue weighted by molar-refractivity contribution is 6.05. The van der Waals surface area contributed by atoms with Gasteiger partial charge in [0.05, 0.1) is 23.9 Å². The van der Waals surface area contributed by atoms with Crippen molar-refractivity contribution in [2.75, 3.05) is 12.4 Å². The molecule has 0 spiro atoms. The first kappa shape index (κ1) is 17.5. The number of pyridine rings is 1. The van der Waals surface area contributed by atoms with E-state index in [1.54, 1.807) is 0 Å². The minimum Gasteiger partial charge on any atom is -0.465 e. The van der Waals surface area contributed by atoms with Gasteiger partial charge in [0.25, 0.3) is 5.91 Å². The number of nitrogens with one attached hydrogen (secondary N) is 1. The fraction of sp³-hybridized carbons (Fsp3) is 0.188. The van der Waals surface area contributed by atoms with Crippen molar-refractivity contribution in [3.63, 3.8) is 0 Å². The second-order valence-electron chi connectivity index (χ2n) is 4.85. The number of aromatic nitrogens is 1. The molecule has 0 saturated carbocycles. The summed E-state index contributed by atoms with van der Waals surface area (Å²) in [5.41, 5.74) is -0.373. The molecule has 1 N–H and O–H groups in total. The van der Waals surface area contributed by atoms with Gasteiger partial charge in [-0.1, -0.05) is 0 Å². The standard InChI is InChI=1S/C16H13F3N2O3/c1-9-12(7-8-13(20-9)16(17,18)19)14(22)21-11-5-3-10(4-6-11)15(23)24-2/h3-8H,1-2H3,(H,21,22). The molecule has 2 rings (SSSR count). The molecule has 126 valence electrons. The maximum atomic E-state index is 12.6. The van der Waals surface area contributed by atoms with Crippen LogP contribution in [0.25, 0.3) is 0 Å². The molecule has 0 fully saturated rings. The summed E-state index contributed by atoms with van der Waals surface area (Å²) in [5, 5.41) is 2.53. The zero-order chi connectivity index (χ0) is 17.9. The molecular formula is C16H13F3N2O3. The highest BCUT2D eigenvalue weighted by atomic mass is 19.4. The van der Waals surface area contributed by atoms with Gasteiger partial charge in [0, 0.05) is 5.69 Å². The predicted molar refractivity (Wildman–Crippen MR) is 79.7 cm³/mol. The number of ether oxygens (including phenoxy) is 1. The van der Waals surface area contributed by atoms with Crippen LogP contribution in [0.4, 0.5) is 18.9 Å². The summed E-state index contributed by atoms with van der Waals surface area (Å²) in [6, 6.07) is 7.71. The summed E-state index contributed by atoms with van der Waals surface area (Å²) in [4.78, 5) is 26.9. The summed E-state index contributed by atoms with van der Waals surface area (Å²) in [5.74, 6) is -1.12. The van der Waals surface area contributed by atoms with Crippen molar-refractivity contribution in [2.45, 2.75) is 13.1 Å². The highest BCUT2D eigenvalue weighted by Crippen LogP contribution is 2.28. The normalized spacial score (nSPS) is 11.0. The summed E-state index contributed by atoms with van der Waals surface area (Å²) >= 11 is 0. The number of carbonyl (C=O) groups is 2. The largest absolute Gasteiger partial charge is 0.465 e. The third-order valence-electron chi connectivity index (χ3n) is 3.18. The van der Waals surface area contributed by atoms with Crippen LogP contribution in [0, 0.1) is 6.92 Å². The van der Waals surface area contributed by atoms with E-state index in [9.17, 15) is 22.8 Å². The Morgan fingerprint density at radius 1 is 1.08 bits per heavy atom. The molecule has 2 aromatic rings. The van der Waals surface area contributed by atoms with Gasteiger partial charge in [-0.05, 0) is 43.3 Å². The zero-order valence-corrected chi connectivity index (χ0v) is 12.8. The molecular weight excluding hydrogens is 325 g/mol. The van der Waals surface area contributed by atoms with Crippen molar-refractivity contribution in [1.29, 1.82) is 0 Å². The molecule has 0 unspecified atom stereocenters. The fourth-order valence-electron chi connectivity index (χ4n) is 1.96. The maximum absolute atomic E-state index is 12.6. The molecule has 0 aliphatic carbocycles. The molecule has 1 heterocycles. The second kappa shape index (κ2) is 6.69. The molecule has 0 aliphatic heterocycles. The summed E-state index contributed by atoms with van der Waals surface area (Å²) in [6.45, 7) is 1.32. The molecule has 24 heavy (non-hydrogen) atoms. The van der Waals surface area contributed by atoms with Gasteiger partial charge in [0.1, 0.15) is 5.69 Å². The Hall–Kier alpha value is -2.90. The molecule has 0 saturated heterocycles. The maximum Gasteiger partial charge on any atom is 0.433 e. The smallest absolute Gasteiger partial charge is 0.433 e. The first-order valence-electron chi connectivity index (χ1n) is 6.77. The van der Waals surface area contributed by atoms with Crippen molar-refractivity contribution < 1.29 is 27.5 Å². The molecule has 8 heteroatoms. The molecule has 0 bridgehead atoms. The monoisotopic (exact) mass is 338 g/mol. The van der Waals surface area contributed by atoms with Gasteiger partial charge in [0.15, 0.2) is 0 Å². The third kappa shape index (κ3) is 3.89. The lowest BCUT2D eigenvalue weighted by atomic mass is 10.1. The first-order chi connectivity index (χ1) is 11.2. The lowest BCUT2D eigenvalue weighted by Gasteiger charge is -2.10. The topological polar surface area (TPSA) is 68.3 Å². The second-order valence-corrected chi connectivity index (χ2v) is 4.85. The van der Waals surface area contributed by atoms with Crippen molar-refractivity contribution in [3.8, 4) is 0 Å². The Bertz CT molecular complexity index is 771. The van der Waals surface area contributed by atoms with Crippen molar-refractivity contribution >= 4 is 17.6 Å². The van der Waals surface area contributed by atoms with Crippen LogP contribution in [0.3, 0.4) is 0 Å². The number of amides is 1. The Morgan fingerprint density at radius 3 is 2.21 bits per heavy atom. The average Bonchev–Trinajstić information content (AvgIpc) is 2.53. The van der Waals surface area contributed by atoms with Gasteiger partial charge < -0.3 is 10.1 Å². The van der Waals surface area contributed by atoms with Gasteiger partial charge in [-0.25, -0.2) is 9.78 Å². The summed E-state index contributed by atoms with van der Waals surface area (Å²) < 4.78 is 42.3. The van der Waals surface area contributed by atoms with Gasteiger partial charge in [-0.3, -0.25) is 4.79 Å². The number of aryl methyl sites for hydroxylation is 1. The average molecular weight is 338 g/mol. The number of anilines is 1. The molecule has 1 aromatic heterocycles. The quantitative estimate of drug-likeness (QED) is 0.871. The van der Waals surface area contributed by atoms with Crippen LogP contribution in [-0.4, -0.2) is 24.0 Å². The number of carbonyl (C=O) groups excluding carboxylic acids is 2. The van der Waals surface area contributed by atoms with Crippen molar-refractivity contribution in [1.82, 2.24) is 4.98 Å². The van der Waals surface area contributed by atoms with Crippen LogP contribution in [-0.2, 0) is 10.9 Å². The predicted octanol–water partition coefficient (Wildman–Crippen LogP) is 3.45. The van der Waals surface area contributed by atoms with E-state index in [4.69, 9.17) is 0 Å². The lowest BCUT2D eigenvalue weighted by Crippen LogP contribution is -2.16. The van der Waals surface area contributed by atoms with Gasteiger partial charge in [-0.15, -0.1) is 0 Å². The van der Waals surface area contributed by atoms with E-state index in [2.05, 4.69) is 15.0 Å². The van der Waals surface area contributed by atoms with Gasteiger partial charge in [0.2, 0.25) is 0 Å². The molecule has 0 aliphatic rings. The first-order valence-corrected chi connectivity index (χ1v) is 6.77. The van der Waals surface area contributed by atoms with Gasteiger partial charge >= 0.3 is 12.1 Å². The molecule has 1 aromatic carbocycles. The summed E-state index contributed by atoms with van der Waals surface area (Å²) in [6.07, 6.45) is -4.57. The van der Waals surface area contributed by atoms with Crippen LogP contribution in [0.2, 0.25) is 0 Å². The van der Waals surface area contributed by atoms with E-state index < -0.39 is 23.7 Å². The molecule has 0 atom stereocenters. The Morgan fingerprint density at radius 2 is 1.71 bits per heavy atom. The molecule has 1 amide bonds. The number of rotatable bonds is 3. The van der Waals surface area contributed by atoms with Gasteiger partial charge in [-0.2, -0.15) is 13.2 Å². The van der Waals surface area contributed by atoms with E-state index in [0.717, 1.165) is 12.1 Å².